The minimum atomic E-state index is -0.765. The Morgan fingerprint density at radius 1 is 1.25 bits per heavy atom. The monoisotopic (exact) mass is 337 g/mol. The Kier molecular flexibility index (Phi) is 4.45. The molecule has 2 N–H and O–H groups in total. The highest BCUT2D eigenvalue weighted by molar-refractivity contribution is 9.10. The van der Waals surface area contributed by atoms with Crippen LogP contribution in [0.5, 0.6) is 5.75 Å². The van der Waals surface area contributed by atoms with Gasteiger partial charge in [0.15, 0.2) is 0 Å². The van der Waals surface area contributed by atoms with Crippen LogP contribution >= 0.6 is 15.9 Å². The van der Waals surface area contributed by atoms with Crippen LogP contribution in [0.4, 0.5) is 4.39 Å². The molecule has 0 heterocycles. The third kappa shape index (κ3) is 3.19. The predicted octanol–water partition coefficient (Wildman–Crippen LogP) is 4.01. The van der Waals surface area contributed by atoms with Crippen LogP contribution in [0, 0.1) is 5.82 Å². The standard InChI is InChI=1S/C16H17BrFNO/c1-16(19,12-5-3-4-6-14(12)18)10-11-7-8-15(20-2)13(17)9-11/h3-9H,10,19H2,1-2H3. The summed E-state index contributed by atoms with van der Waals surface area (Å²) in [5.74, 6) is 0.489. The SMILES string of the molecule is COc1ccc(CC(C)(N)c2ccccc2F)cc1Br. The minimum Gasteiger partial charge on any atom is -0.496 e. The molecular formula is C16H17BrFNO. The lowest BCUT2D eigenvalue weighted by molar-refractivity contribution is 0.411. The van der Waals surface area contributed by atoms with E-state index in [4.69, 9.17) is 10.5 Å². The van der Waals surface area contributed by atoms with Crippen LogP contribution in [0.3, 0.4) is 0 Å². The van der Waals surface area contributed by atoms with Crippen molar-refractivity contribution in [1.82, 2.24) is 0 Å². The topological polar surface area (TPSA) is 35.2 Å². The summed E-state index contributed by atoms with van der Waals surface area (Å²) in [5, 5.41) is 0. The number of hydrogen-bond acceptors (Lipinski definition) is 2. The Morgan fingerprint density at radius 2 is 1.95 bits per heavy atom. The number of methoxy groups -OCH3 is 1. The molecule has 2 aromatic carbocycles. The third-order valence-electron chi connectivity index (χ3n) is 3.28. The molecule has 0 fully saturated rings. The first kappa shape index (κ1) is 15.0. The number of ether oxygens (including phenoxy) is 1. The fraction of sp³-hybridized carbons (Fsp3) is 0.250. The van der Waals surface area contributed by atoms with Crippen LogP contribution in [0.15, 0.2) is 46.9 Å². The average molecular weight is 338 g/mol. The highest BCUT2D eigenvalue weighted by Crippen LogP contribution is 2.30. The van der Waals surface area contributed by atoms with E-state index < -0.39 is 5.54 Å². The van der Waals surface area contributed by atoms with Crippen molar-refractivity contribution in [1.29, 1.82) is 0 Å². The molecule has 0 radical (unpaired) electrons. The van der Waals surface area contributed by atoms with Gasteiger partial charge in [-0.15, -0.1) is 0 Å². The van der Waals surface area contributed by atoms with Gasteiger partial charge in [-0.1, -0.05) is 24.3 Å². The molecule has 20 heavy (non-hydrogen) atoms. The quantitative estimate of drug-likeness (QED) is 0.914. The van der Waals surface area contributed by atoms with Crippen molar-refractivity contribution in [3.8, 4) is 5.75 Å². The molecule has 0 aliphatic heterocycles. The summed E-state index contributed by atoms with van der Waals surface area (Å²) >= 11 is 3.45. The highest BCUT2D eigenvalue weighted by Gasteiger charge is 2.25. The summed E-state index contributed by atoms with van der Waals surface area (Å²) in [5.41, 5.74) is 7.08. The summed E-state index contributed by atoms with van der Waals surface area (Å²) in [6.07, 6.45) is 0.538. The maximum Gasteiger partial charge on any atom is 0.133 e. The Hall–Kier alpha value is -1.39. The van der Waals surface area contributed by atoms with E-state index in [1.54, 1.807) is 25.3 Å². The van der Waals surface area contributed by atoms with E-state index in [1.165, 1.54) is 6.07 Å². The van der Waals surface area contributed by atoms with Gasteiger partial charge in [0, 0.05) is 11.1 Å². The summed E-state index contributed by atoms with van der Waals surface area (Å²) in [4.78, 5) is 0. The number of nitrogens with two attached hydrogens (primary N) is 1. The molecule has 0 amide bonds. The lowest BCUT2D eigenvalue weighted by Crippen LogP contribution is -2.36. The Balaban J connectivity index is 2.28. The zero-order valence-electron chi connectivity index (χ0n) is 11.5. The van der Waals surface area contributed by atoms with Gasteiger partial charge in [-0.05, 0) is 53.0 Å². The van der Waals surface area contributed by atoms with Gasteiger partial charge in [0.2, 0.25) is 0 Å². The normalized spacial score (nSPS) is 13.8. The van der Waals surface area contributed by atoms with Crippen molar-refractivity contribution >= 4 is 15.9 Å². The second kappa shape index (κ2) is 5.94. The van der Waals surface area contributed by atoms with E-state index in [0.717, 1.165) is 15.8 Å². The molecule has 2 nitrogen and oxygen atoms in total. The number of benzene rings is 2. The first-order valence-corrected chi connectivity index (χ1v) is 7.09. The van der Waals surface area contributed by atoms with Crippen LogP contribution in [0.1, 0.15) is 18.1 Å². The molecule has 0 bridgehead atoms. The van der Waals surface area contributed by atoms with E-state index in [0.29, 0.717) is 12.0 Å². The van der Waals surface area contributed by atoms with Gasteiger partial charge in [-0.25, -0.2) is 4.39 Å². The smallest absolute Gasteiger partial charge is 0.133 e. The van der Waals surface area contributed by atoms with Crippen LogP contribution in [0.2, 0.25) is 0 Å². The molecule has 1 atom stereocenters. The van der Waals surface area contributed by atoms with Gasteiger partial charge in [-0.3, -0.25) is 0 Å². The second-order valence-corrected chi connectivity index (χ2v) is 5.90. The van der Waals surface area contributed by atoms with Crippen LogP contribution < -0.4 is 10.5 Å². The summed E-state index contributed by atoms with van der Waals surface area (Å²) in [6.45, 7) is 1.84. The van der Waals surface area contributed by atoms with E-state index in [9.17, 15) is 4.39 Å². The van der Waals surface area contributed by atoms with Crippen molar-refractivity contribution in [3.05, 3.63) is 63.9 Å². The molecule has 0 aromatic heterocycles. The van der Waals surface area contributed by atoms with Crippen LogP contribution in [0.25, 0.3) is 0 Å². The zero-order valence-corrected chi connectivity index (χ0v) is 13.1. The molecule has 2 rings (SSSR count). The zero-order chi connectivity index (χ0) is 14.8. The molecule has 0 spiro atoms. The van der Waals surface area contributed by atoms with Crippen LogP contribution in [-0.4, -0.2) is 7.11 Å². The molecule has 0 aliphatic rings. The van der Waals surface area contributed by atoms with Gasteiger partial charge >= 0.3 is 0 Å². The van der Waals surface area contributed by atoms with E-state index in [1.807, 2.05) is 25.1 Å². The molecule has 0 aliphatic carbocycles. The van der Waals surface area contributed by atoms with Crippen molar-refractivity contribution in [2.24, 2.45) is 5.73 Å². The highest BCUT2D eigenvalue weighted by atomic mass is 79.9. The first-order valence-electron chi connectivity index (χ1n) is 6.30. The molecule has 106 valence electrons. The number of hydrogen-bond donors (Lipinski definition) is 1. The van der Waals surface area contributed by atoms with Crippen molar-refractivity contribution in [2.45, 2.75) is 18.9 Å². The Labute approximate surface area is 126 Å². The van der Waals surface area contributed by atoms with Crippen LogP contribution in [-0.2, 0) is 12.0 Å². The Morgan fingerprint density at radius 3 is 2.55 bits per heavy atom. The van der Waals surface area contributed by atoms with E-state index in [2.05, 4.69) is 15.9 Å². The number of rotatable bonds is 4. The van der Waals surface area contributed by atoms with Crippen molar-refractivity contribution in [2.75, 3.05) is 7.11 Å². The molecular weight excluding hydrogens is 321 g/mol. The predicted molar refractivity (Wildman–Crippen MR) is 82.3 cm³/mol. The Bertz CT molecular complexity index is 613. The van der Waals surface area contributed by atoms with E-state index >= 15 is 0 Å². The van der Waals surface area contributed by atoms with E-state index in [-0.39, 0.29) is 5.82 Å². The third-order valence-corrected chi connectivity index (χ3v) is 3.90. The summed E-state index contributed by atoms with van der Waals surface area (Å²) in [7, 11) is 1.62. The lowest BCUT2D eigenvalue weighted by Gasteiger charge is -2.26. The van der Waals surface area contributed by atoms with Gasteiger partial charge in [0.25, 0.3) is 0 Å². The molecule has 4 heteroatoms. The average Bonchev–Trinajstić information content (AvgIpc) is 2.38. The van der Waals surface area contributed by atoms with Gasteiger partial charge in [-0.2, -0.15) is 0 Å². The van der Waals surface area contributed by atoms with Crippen molar-refractivity contribution < 1.29 is 9.13 Å². The fourth-order valence-corrected chi connectivity index (χ4v) is 2.85. The molecule has 1 unspecified atom stereocenters. The number of halogens is 2. The maximum atomic E-state index is 13.9. The molecule has 0 saturated heterocycles. The summed E-state index contributed by atoms with van der Waals surface area (Å²) in [6, 6.07) is 12.4. The molecule has 2 aromatic rings. The maximum absolute atomic E-state index is 13.9. The first-order chi connectivity index (χ1) is 9.44. The largest absolute Gasteiger partial charge is 0.496 e. The van der Waals surface area contributed by atoms with Gasteiger partial charge in [0.1, 0.15) is 11.6 Å². The van der Waals surface area contributed by atoms with Gasteiger partial charge in [0.05, 0.1) is 11.6 Å². The fourth-order valence-electron chi connectivity index (χ4n) is 2.26. The lowest BCUT2D eigenvalue weighted by atomic mass is 9.86. The van der Waals surface area contributed by atoms with Crippen molar-refractivity contribution in [3.63, 3.8) is 0 Å². The summed E-state index contributed by atoms with van der Waals surface area (Å²) < 4.78 is 19.9. The minimum absolute atomic E-state index is 0.273. The molecule has 0 saturated carbocycles. The second-order valence-electron chi connectivity index (χ2n) is 5.04. The van der Waals surface area contributed by atoms with Gasteiger partial charge < -0.3 is 10.5 Å².